The van der Waals surface area contributed by atoms with Crippen molar-refractivity contribution < 1.29 is 26.4 Å². The highest BCUT2D eigenvalue weighted by atomic mass is 32.2. The largest absolute Gasteiger partial charge is 0.469 e. The van der Waals surface area contributed by atoms with E-state index in [9.17, 15) is 21.6 Å². The summed E-state index contributed by atoms with van der Waals surface area (Å²) < 4.78 is 54.7. The topological polar surface area (TPSA) is 110 Å². The number of nitrogens with one attached hydrogen (secondary N) is 1. The number of carbonyl (C=O) groups excluding carboxylic acids is 1. The van der Waals surface area contributed by atoms with Crippen molar-refractivity contribution >= 4 is 26.0 Å². The summed E-state index contributed by atoms with van der Waals surface area (Å²) in [6.45, 7) is 0.571. The molecule has 0 saturated carbocycles. The summed E-state index contributed by atoms with van der Waals surface area (Å²) in [5, 5.41) is 0. The molecule has 21 heavy (non-hydrogen) atoms. The van der Waals surface area contributed by atoms with Gasteiger partial charge >= 0.3 is 5.97 Å². The predicted octanol–water partition coefficient (Wildman–Crippen LogP) is -0.717. The molecule has 8 nitrogen and oxygen atoms in total. The van der Waals surface area contributed by atoms with E-state index in [1.807, 2.05) is 0 Å². The van der Waals surface area contributed by atoms with Crippen LogP contribution < -0.4 is 4.72 Å². The van der Waals surface area contributed by atoms with Crippen molar-refractivity contribution in [2.75, 3.05) is 32.2 Å². The molecule has 0 aromatic rings. The van der Waals surface area contributed by atoms with Gasteiger partial charge in [0.15, 0.2) is 0 Å². The highest BCUT2D eigenvalue weighted by Gasteiger charge is 2.28. The molecule has 1 heterocycles. The maximum Gasteiger partial charge on any atom is 0.305 e. The normalized spacial score (nSPS) is 18.6. The van der Waals surface area contributed by atoms with E-state index in [1.54, 1.807) is 0 Å². The predicted molar refractivity (Wildman–Crippen MR) is 77.6 cm³/mol. The Morgan fingerprint density at radius 3 is 2.29 bits per heavy atom. The Hall–Kier alpha value is -0.710. The third-order valence-electron chi connectivity index (χ3n) is 3.24. The second-order valence-electron chi connectivity index (χ2n) is 5.06. The lowest BCUT2D eigenvalue weighted by Crippen LogP contribution is -2.46. The zero-order valence-electron chi connectivity index (χ0n) is 12.2. The van der Waals surface area contributed by atoms with Crippen LogP contribution in [0.3, 0.4) is 0 Å². The van der Waals surface area contributed by atoms with Crippen molar-refractivity contribution in [1.29, 1.82) is 0 Å². The van der Waals surface area contributed by atoms with Crippen molar-refractivity contribution in [2.45, 2.75) is 31.7 Å². The molecule has 0 bridgehead atoms. The third kappa shape index (κ3) is 6.72. The second-order valence-corrected chi connectivity index (χ2v) is 8.93. The molecule has 0 radical (unpaired) electrons. The van der Waals surface area contributed by atoms with E-state index >= 15 is 0 Å². The zero-order valence-corrected chi connectivity index (χ0v) is 13.9. The number of sulfonamides is 2. The van der Waals surface area contributed by atoms with Crippen molar-refractivity contribution in [1.82, 2.24) is 9.03 Å². The lowest BCUT2D eigenvalue weighted by molar-refractivity contribution is -0.140. The number of methoxy groups -OCH3 is 1. The lowest BCUT2D eigenvalue weighted by atomic mass is 10.1. The van der Waals surface area contributed by atoms with Gasteiger partial charge in [-0.3, -0.25) is 4.79 Å². The maximum absolute atomic E-state index is 12.1. The number of hydrogen-bond donors (Lipinski definition) is 1. The summed E-state index contributed by atoms with van der Waals surface area (Å²) in [4.78, 5) is 11.0. The standard InChI is InChI=1S/C11H22N2O6S2/c1-19-11(14)4-3-9-21(17,18)13-7-5-10(6-8-13)12-20(2,15)16/h10,12H,3-9H2,1-2H3. The van der Waals surface area contributed by atoms with Gasteiger partial charge in [-0.05, 0) is 19.3 Å². The van der Waals surface area contributed by atoms with Crippen LogP contribution in [0.4, 0.5) is 0 Å². The van der Waals surface area contributed by atoms with Gasteiger partial charge in [0, 0.05) is 25.6 Å². The van der Waals surface area contributed by atoms with Crippen LogP contribution >= 0.6 is 0 Å². The van der Waals surface area contributed by atoms with Crippen LogP contribution in [0.2, 0.25) is 0 Å². The first-order valence-corrected chi connectivity index (χ1v) is 10.2. The molecular formula is C11H22N2O6S2. The number of nitrogens with zero attached hydrogens (tertiary/aromatic N) is 1. The molecule has 0 aromatic heterocycles. The molecule has 0 atom stereocenters. The first kappa shape index (κ1) is 18.3. The van der Waals surface area contributed by atoms with Gasteiger partial charge in [-0.25, -0.2) is 25.9 Å². The van der Waals surface area contributed by atoms with Crippen LogP contribution in [0, 0.1) is 0 Å². The Bertz CT molecular complexity index is 549. The van der Waals surface area contributed by atoms with Crippen LogP contribution in [0.25, 0.3) is 0 Å². The number of piperidine rings is 1. The zero-order chi connectivity index (χ0) is 16.1. The summed E-state index contributed by atoms with van der Waals surface area (Å²) in [6, 6.07) is -0.221. The fraction of sp³-hybridized carbons (Fsp3) is 0.909. The molecule has 0 aromatic carbocycles. The molecule has 1 N–H and O–H groups in total. The first-order chi connectivity index (χ1) is 9.64. The van der Waals surface area contributed by atoms with Gasteiger partial charge in [0.1, 0.15) is 0 Å². The minimum atomic E-state index is -3.41. The van der Waals surface area contributed by atoms with Gasteiger partial charge < -0.3 is 4.74 Å². The fourth-order valence-electron chi connectivity index (χ4n) is 2.18. The second kappa shape index (κ2) is 7.52. The highest BCUT2D eigenvalue weighted by molar-refractivity contribution is 7.89. The Morgan fingerprint density at radius 1 is 1.24 bits per heavy atom. The van der Waals surface area contributed by atoms with Gasteiger partial charge in [-0.15, -0.1) is 0 Å². The van der Waals surface area contributed by atoms with E-state index < -0.39 is 26.0 Å². The fourth-order valence-corrected chi connectivity index (χ4v) is 4.56. The number of carbonyl (C=O) groups is 1. The molecule has 1 aliphatic rings. The summed E-state index contributed by atoms with van der Waals surface area (Å²) in [5.41, 5.74) is 0. The molecule has 0 amide bonds. The monoisotopic (exact) mass is 342 g/mol. The van der Waals surface area contributed by atoms with E-state index in [0.29, 0.717) is 12.8 Å². The van der Waals surface area contributed by atoms with Gasteiger partial charge in [0.05, 0.1) is 19.1 Å². The molecule has 1 rings (SSSR count). The minimum absolute atomic E-state index is 0.0713. The van der Waals surface area contributed by atoms with Gasteiger partial charge in [-0.1, -0.05) is 0 Å². The van der Waals surface area contributed by atoms with Gasteiger partial charge in [0.2, 0.25) is 20.0 Å². The van der Waals surface area contributed by atoms with E-state index in [2.05, 4.69) is 9.46 Å². The minimum Gasteiger partial charge on any atom is -0.469 e. The number of ether oxygens (including phenoxy) is 1. The van der Waals surface area contributed by atoms with Crippen LogP contribution in [-0.4, -0.2) is 65.4 Å². The Morgan fingerprint density at radius 2 is 1.81 bits per heavy atom. The Kier molecular flexibility index (Phi) is 6.57. The summed E-state index contributed by atoms with van der Waals surface area (Å²) in [5.74, 6) is -0.534. The van der Waals surface area contributed by atoms with Crippen LogP contribution in [0.5, 0.6) is 0 Å². The highest BCUT2D eigenvalue weighted by Crippen LogP contribution is 2.16. The van der Waals surface area contributed by atoms with E-state index in [4.69, 9.17) is 0 Å². The summed E-state index contributed by atoms with van der Waals surface area (Å²) >= 11 is 0. The number of esters is 1. The van der Waals surface area contributed by atoms with Crippen LogP contribution in [0.1, 0.15) is 25.7 Å². The molecule has 0 spiro atoms. The quantitative estimate of drug-likeness (QED) is 0.612. The van der Waals surface area contributed by atoms with Crippen molar-refractivity contribution in [3.05, 3.63) is 0 Å². The Balaban J connectivity index is 2.43. The summed E-state index contributed by atoms with van der Waals surface area (Å²) in [6.07, 6.45) is 2.27. The first-order valence-electron chi connectivity index (χ1n) is 6.66. The van der Waals surface area contributed by atoms with Gasteiger partial charge in [-0.2, -0.15) is 0 Å². The van der Waals surface area contributed by atoms with Crippen LogP contribution in [-0.2, 0) is 29.6 Å². The van der Waals surface area contributed by atoms with Crippen molar-refractivity contribution in [3.8, 4) is 0 Å². The molecule has 1 saturated heterocycles. The lowest BCUT2D eigenvalue weighted by Gasteiger charge is -2.31. The van der Waals surface area contributed by atoms with Crippen molar-refractivity contribution in [3.63, 3.8) is 0 Å². The van der Waals surface area contributed by atoms with Crippen LogP contribution in [0.15, 0.2) is 0 Å². The SMILES string of the molecule is COC(=O)CCCS(=O)(=O)N1CCC(NS(C)(=O)=O)CC1. The molecule has 0 unspecified atom stereocenters. The summed E-state index contributed by atoms with van der Waals surface area (Å²) in [7, 11) is -5.42. The van der Waals surface area contributed by atoms with E-state index in [1.165, 1.54) is 11.4 Å². The average Bonchev–Trinajstić information content (AvgIpc) is 2.37. The van der Waals surface area contributed by atoms with Crippen molar-refractivity contribution in [2.24, 2.45) is 0 Å². The molecule has 124 valence electrons. The third-order valence-corrected chi connectivity index (χ3v) is 5.96. The molecule has 1 aliphatic heterocycles. The van der Waals surface area contributed by atoms with Gasteiger partial charge in [0.25, 0.3) is 0 Å². The maximum atomic E-state index is 12.1. The number of rotatable bonds is 7. The van der Waals surface area contributed by atoms with E-state index in [-0.39, 0.29) is 37.7 Å². The number of hydrogen-bond acceptors (Lipinski definition) is 6. The smallest absolute Gasteiger partial charge is 0.305 e. The molecule has 1 fully saturated rings. The molecule has 10 heteroatoms. The molecular weight excluding hydrogens is 320 g/mol. The Labute approximate surface area is 125 Å². The van der Waals surface area contributed by atoms with E-state index in [0.717, 1.165) is 6.26 Å². The average molecular weight is 342 g/mol. The molecule has 0 aliphatic carbocycles.